The number of benzene rings is 1. The van der Waals surface area contributed by atoms with Gasteiger partial charge in [0.1, 0.15) is 17.0 Å². The summed E-state index contributed by atoms with van der Waals surface area (Å²) in [5, 5.41) is 4.99. The normalized spacial score (nSPS) is 21.1. The largest absolute Gasteiger partial charge is 0.482 e. The second-order valence-electron chi connectivity index (χ2n) is 8.79. The van der Waals surface area contributed by atoms with E-state index in [0.717, 1.165) is 61.9 Å². The summed E-state index contributed by atoms with van der Waals surface area (Å²) in [5.74, 6) is 1.95. The van der Waals surface area contributed by atoms with Crippen molar-refractivity contribution in [2.45, 2.75) is 37.8 Å². The third-order valence-electron chi connectivity index (χ3n) is 6.35. The van der Waals surface area contributed by atoms with Crippen LogP contribution in [-0.4, -0.2) is 59.9 Å². The fourth-order valence-corrected chi connectivity index (χ4v) is 4.52. The smallest absolute Gasteiger partial charge is 0.140 e. The molecule has 0 unspecified atom stereocenters. The van der Waals surface area contributed by atoms with Gasteiger partial charge in [-0.1, -0.05) is 12.1 Å². The monoisotopic (exact) mass is 366 g/mol. The summed E-state index contributed by atoms with van der Waals surface area (Å²) in [6.45, 7) is 5.43. The number of nitrogens with zero attached hydrogens (tertiary/aromatic N) is 4. The van der Waals surface area contributed by atoms with Crippen LogP contribution in [0.4, 0.5) is 0 Å². The highest BCUT2D eigenvalue weighted by Gasteiger charge is 2.45. The molecule has 5 rings (SSSR count). The van der Waals surface area contributed by atoms with Crippen molar-refractivity contribution in [3.05, 3.63) is 36.0 Å². The van der Waals surface area contributed by atoms with Crippen LogP contribution in [0, 0.1) is 5.92 Å². The van der Waals surface area contributed by atoms with Crippen molar-refractivity contribution in [3.63, 3.8) is 0 Å². The van der Waals surface area contributed by atoms with Crippen molar-refractivity contribution >= 4 is 0 Å². The number of aromatic nitrogens is 2. The molecule has 0 radical (unpaired) electrons. The highest BCUT2D eigenvalue weighted by molar-refractivity contribution is 5.73. The van der Waals surface area contributed by atoms with E-state index in [2.05, 4.69) is 59.0 Å². The van der Waals surface area contributed by atoms with Gasteiger partial charge in [0, 0.05) is 56.3 Å². The lowest BCUT2D eigenvalue weighted by molar-refractivity contribution is -0.00580. The fraction of sp³-hybridized carbons (Fsp3) is 0.591. The van der Waals surface area contributed by atoms with Gasteiger partial charge >= 0.3 is 0 Å². The Balaban J connectivity index is 1.45. The molecule has 0 atom stereocenters. The van der Waals surface area contributed by atoms with E-state index in [4.69, 9.17) is 9.84 Å². The maximum absolute atomic E-state index is 6.70. The van der Waals surface area contributed by atoms with E-state index in [1.165, 1.54) is 24.9 Å². The number of ether oxygens (including phenoxy) is 1. The van der Waals surface area contributed by atoms with E-state index < -0.39 is 0 Å². The van der Waals surface area contributed by atoms with E-state index in [9.17, 15) is 0 Å². The number of rotatable bonds is 5. The average Bonchev–Trinajstić information content (AvgIpc) is 3.37. The van der Waals surface area contributed by atoms with Gasteiger partial charge in [0.15, 0.2) is 0 Å². The molecule has 1 aromatic heterocycles. The van der Waals surface area contributed by atoms with Crippen molar-refractivity contribution in [2.75, 3.05) is 40.3 Å². The van der Waals surface area contributed by atoms with E-state index in [1.807, 2.05) is 0 Å². The fourth-order valence-electron chi connectivity index (χ4n) is 4.52. The van der Waals surface area contributed by atoms with E-state index in [-0.39, 0.29) is 5.60 Å². The van der Waals surface area contributed by atoms with E-state index in [0.29, 0.717) is 0 Å². The first-order chi connectivity index (χ1) is 13.1. The summed E-state index contributed by atoms with van der Waals surface area (Å²) in [6.07, 6.45) is 7.22. The molecule has 1 saturated carbocycles. The molecule has 2 aromatic rings. The molecule has 1 aliphatic carbocycles. The molecule has 144 valence electrons. The minimum Gasteiger partial charge on any atom is -0.482 e. The molecule has 2 aliphatic heterocycles. The van der Waals surface area contributed by atoms with Gasteiger partial charge in [0.25, 0.3) is 0 Å². The Morgan fingerprint density at radius 2 is 1.96 bits per heavy atom. The van der Waals surface area contributed by atoms with Crippen LogP contribution >= 0.6 is 0 Å². The van der Waals surface area contributed by atoms with Crippen molar-refractivity contribution < 1.29 is 4.74 Å². The molecule has 0 bridgehead atoms. The lowest BCUT2D eigenvalue weighted by Crippen LogP contribution is -2.47. The Morgan fingerprint density at radius 1 is 1.19 bits per heavy atom. The zero-order valence-electron chi connectivity index (χ0n) is 16.5. The molecule has 3 aliphatic rings. The minimum atomic E-state index is -0.208. The molecule has 27 heavy (non-hydrogen) atoms. The van der Waals surface area contributed by atoms with Gasteiger partial charge in [-0.3, -0.25) is 4.68 Å². The topological polar surface area (TPSA) is 33.5 Å². The quantitative estimate of drug-likeness (QED) is 0.814. The number of likely N-dealkylation sites (N-methyl/N-ethyl adjacent to an activating group) is 1. The number of para-hydroxylation sites is 1. The van der Waals surface area contributed by atoms with Crippen LogP contribution in [-0.2, 0) is 12.1 Å². The van der Waals surface area contributed by atoms with Gasteiger partial charge in [-0.25, -0.2) is 0 Å². The number of likely N-dealkylation sites (tertiary alicyclic amines) is 1. The molecule has 2 fully saturated rings. The van der Waals surface area contributed by atoms with E-state index >= 15 is 0 Å². The number of hydrogen-bond donors (Lipinski definition) is 0. The molecule has 0 amide bonds. The molecule has 0 N–H and O–H groups in total. The number of piperidine rings is 1. The Morgan fingerprint density at radius 3 is 2.70 bits per heavy atom. The maximum Gasteiger partial charge on any atom is 0.140 e. The summed E-state index contributed by atoms with van der Waals surface area (Å²) in [4.78, 5) is 4.85. The van der Waals surface area contributed by atoms with Gasteiger partial charge in [-0.05, 0) is 45.0 Å². The molecule has 1 aromatic carbocycles. The molecule has 1 spiro atoms. The summed E-state index contributed by atoms with van der Waals surface area (Å²) in [6, 6.07) is 8.41. The average molecular weight is 367 g/mol. The van der Waals surface area contributed by atoms with Crippen LogP contribution in [0.3, 0.4) is 0 Å². The first-order valence-electron chi connectivity index (χ1n) is 10.4. The third kappa shape index (κ3) is 3.27. The maximum atomic E-state index is 6.70. The Kier molecular flexibility index (Phi) is 4.25. The van der Waals surface area contributed by atoms with Crippen LogP contribution in [0.2, 0.25) is 0 Å². The number of hydrogen-bond acceptors (Lipinski definition) is 4. The molecular formula is C22H30N4O. The second-order valence-corrected chi connectivity index (χ2v) is 8.79. The Hall–Kier alpha value is -1.85. The first-order valence-corrected chi connectivity index (χ1v) is 10.4. The lowest BCUT2D eigenvalue weighted by Gasteiger charge is -2.44. The third-order valence-corrected chi connectivity index (χ3v) is 6.35. The van der Waals surface area contributed by atoms with Gasteiger partial charge in [-0.2, -0.15) is 5.10 Å². The van der Waals surface area contributed by atoms with Gasteiger partial charge in [0.05, 0.1) is 6.54 Å². The summed E-state index contributed by atoms with van der Waals surface area (Å²) in [7, 11) is 4.22. The minimum absolute atomic E-state index is 0.208. The lowest BCUT2D eigenvalue weighted by atomic mass is 9.81. The zero-order valence-corrected chi connectivity index (χ0v) is 16.5. The summed E-state index contributed by atoms with van der Waals surface area (Å²) < 4.78 is 8.82. The Labute approximate surface area is 161 Å². The predicted octanol–water partition coefficient (Wildman–Crippen LogP) is 3.21. The molecular weight excluding hydrogens is 336 g/mol. The highest BCUT2D eigenvalue weighted by Crippen LogP contribution is 2.49. The van der Waals surface area contributed by atoms with Gasteiger partial charge < -0.3 is 14.5 Å². The second kappa shape index (κ2) is 6.64. The predicted molar refractivity (Wildman–Crippen MR) is 107 cm³/mol. The van der Waals surface area contributed by atoms with Crippen LogP contribution < -0.4 is 4.74 Å². The van der Waals surface area contributed by atoms with E-state index in [1.54, 1.807) is 0 Å². The number of fused-ring (bicyclic) bond motifs is 4. The van der Waals surface area contributed by atoms with Gasteiger partial charge in [-0.15, -0.1) is 0 Å². The molecule has 5 heteroatoms. The van der Waals surface area contributed by atoms with Crippen LogP contribution in [0.15, 0.2) is 30.5 Å². The molecule has 5 nitrogen and oxygen atoms in total. The van der Waals surface area contributed by atoms with Crippen molar-refractivity contribution in [1.29, 1.82) is 0 Å². The Bertz CT molecular complexity index is 815. The summed E-state index contributed by atoms with van der Waals surface area (Å²) in [5.41, 5.74) is 3.36. The van der Waals surface area contributed by atoms with Crippen molar-refractivity contribution in [2.24, 2.45) is 5.92 Å². The molecule has 1 saturated heterocycles. The summed E-state index contributed by atoms with van der Waals surface area (Å²) >= 11 is 0. The molecule has 3 heterocycles. The highest BCUT2D eigenvalue weighted by atomic mass is 16.5. The van der Waals surface area contributed by atoms with Gasteiger partial charge in [0.2, 0.25) is 0 Å². The van der Waals surface area contributed by atoms with Crippen LogP contribution in [0.5, 0.6) is 5.75 Å². The standard InChI is InChI=1S/C22H30N4O/c1-24(2)13-14-26-16-19-21(23-26)18-5-3-4-6-20(18)27-22(19)9-11-25(12-10-22)15-17-7-8-17/h3-6,16-17H,7-15H2,1-2H3. The first kappa shape index (κ1) is 17.3. The van der Waals surface area contributed by atoms with Crippen LogP contribution in [0.1, 0.15) is 31.2 Å². The van der Waals surface area contributed by atoms with Crippen molar-refractivity contribution in [1.82, 2.24) is 19.6 Å². The van der Waals surface area contributed by atoms with Crippen molar-refractivity contribution in [3.8, 4) is 17.0 Å². The zero-order chi connectivity index (χ0) is 18.4. The van der Waals surface area contributed by atoms with Crippen LogP contribution in [0.25, 0.3) is 11.3 Å². The SMILES string of the molecule is CN(C)CCn1cc2c(n1)-c1ccccc1OC21CCN(CC2CC2)CC1.